The molecule has 0 aromatic heterocycles. The summed E-state index contributed by atoms with van der Waals surface area (Å²) in [5.74, 6) is 1.19. The molecule has 0 unspecified atom stereocenters. The van der Waals surface area contributed by atoms with Gasteiger partial charge in [0.25, 0.3) is 0 Å². The second-order valence-electron chi connectivity index (χ2n) is 3.77. The van der Waals surface area contributed by atoms with Crippen LogP contribution in [0.1, 0.15) is 33.6 Å². The third-order valence-electron chi connectivity index (χ3n) is 2.48. The first-order valence-corrected chi connectivity index (χ1v) is 3.77. The lowest BCUT2D eigenvalue weighted by molar-refractivity contribution is -0.102. The van der Waals surface area contributed by atoms with Crippen LogP contribution < -0.4 is 0 Å². The van der Waals surface area contributed by atoms with Gasteiger partial charge in [0.15, 0.2) is 0 Å². The van der Waals surface area contributed by atoms with Crippen LogP contribution in [0.4, 0.5) is 0 Å². The van der Waals surface area contributed by atoms with Gasteiger partial charge in [-0.2, -0.15) is 0 Å². The van der Waals surface area contributed by atoms with Crippen molar-refractivity contribution < 1.29 is 5.11 Å². The summed E-state index contributed by atoms with van der Waals surface area (Å²) < 4.78 is 0. The summed E-state index contributed by atoms with van der Waals surface area (Å²) in [5.41, 5.74) is -0.306. The molecule has 1 N–H and O–H groups in total. The molecular weight excluding hydrogens is 112 g/mol. The smallest absolute Gasteiger partial charge is 0.0675 e. The highest BCUT2D eigenvalue weighted by molar-refractivity contribution is 4.94. The molecule has 0 bridgehead atoms. The summed E-state index contributed by atoms with van der Waals surface area (Å²) in [6.45, 7) is 6.37. The Labute approximate surface area is 57.1 Å². The van der Waals surface area contributed by atoms with Crippen LogP contribution in [-0.4, -0.2) is 10.7 Å². The van der Waals surface area contributed by atoms with Crippen molar-refractivity contribution in [3.05, 3.63) is 0 Å². The van der Waals surface area contributed by atoms with Crippen molar-refractivity contribution >= 4 is 0 Å². The van der Waals surface area contributed by atoms with Gasteiger partial charge in [-0.15, -0.1) is 0 Å². The molecule has 1 fully saturated rings. The molecule has 0 spiro atoms. The monoisotopic (exact) mass is 128 g/mol. The number of rotatable bonds is 1. The summed E-state index contributed by atoms with van der Waals surface area (Å²) in [4.78, 5) is 0. The van der Waals surface area contributed by atoms with Gasteiger partial charge >= 0.3 is 0 Å². The summed E-state index contributed by atoms with van der Waals surface area (Å²) in [7, 11) is 0. The Kier molecular flexibility index (Phi) is 1.55. The minimum Gasteiger partial charge on any atom is -0.390 e. The molecule has 0 aliphatic heterocycles. The predicted molar refractivity (Wildman–Crippen MR) is 38.2 cm³/mol. The van der Waals surface area contributed by atoms with Gasteiger partial charge in [0.2, 0.25) is 0 Å². The summed E-state index contributed by atoms with van der Waals surface area (Å²) in [6.07, 6.45) is 2.01. The molecular formula is C8H16O. The fourth-order valence-electron chi connectivity index (χ4n) is 1.62. The lowest BCUT2D eigenvalue weighted by Gasteiger charge is -2.45. The molecule has 54 valence electrons. The zero-order chi connectivity index (χ0) is 7.07. The standard InChI is InChI=1S/C8H16O/c1-6(2)8(9)4-7(3)5-8/h6-7,9H,4-5H2,1-3H3. The van der Waals surface area contributed by atoms with Gasteiger partial charge in [0.05, 0.1) is 5.60 Å². The van der Waals surface area contributed by atoms with Gasteiger partial charge < -0.3 is 5.11 Å². The van der Waals surface area contributed by atoms with E-state index in [-0.39, 0.29) is 5.60 Å². The SMILES string of the molecule is CC1CC(O)(C(C)C)C1. The molecule has 0 saturated heterocycles. The second kappa shape index (κ2) is 1.98. The molecule has 1 nitrogen and oxygen atoms in total. The van der Waals surface area contributed by atoms with Crippen molar-refractivity contribution in [3.63, 3.8) is 0 Å². The van der Waals surface area contributed by atoms with Crippen molar-refractivity contribution in [2.24, 2.45) is 11.8 Å². The Bertz CT molecular complexity index is 101. The highest BCUT2D eigenvalue weighted by Crippen LogP contribution is 2.42. The lowest BCUT2D eigenvalue weighted by Crippen LogP contribution is -2.46. The highest BCUT2D eigenvalue weighted by Gasteiger charge is 2.42. The average molecular weight is 128 g/mol. The van der Waals surface area contributed by atoms with Crippen molar-refractivity contribution in [1.29, 1.82) is 0 Å². The molecule has 0 amide bonds. The van der Waals surface area contributed by atoms with Crippen LogP contribution in [-0.2, 0) is 0 Å². The molecule has 0 radical (unpaired) electrons. The maximum absolute atomic E-state index is 9.66. The molecule has 9 heavy (non-hydrogen) atoms. The van der Waals surface area contributed by atoms with E-state index in [1.54, 1.807) is 0 Å². The van der Waals surface area contributed by atoms with Crippen molar-refractivity contribution in [2.45, 2.75) is 39.2 Å². The van der Waals surface area contributed by atoms with E-state index < -0.39 is 0 Å². The Balaban J connectivity index is 2.40. The van der Waals surface area contributed by atoms with E-state index in [0.717, 1.165) is 18.8 Å². The number of hydrogen-bond donors (Lipinski definition) is 1. The molecule has 0 heterocycles. The maximum Gasteiger partial charge on any atom is 0.0675 e. The minimum absolute atomic E-state index is 0.306. The van der Waals surface area contributed by atoms with Crippen LogP contribution >= 0.6 is 0 Å². The summed E-state index contributed by atoms with van der Waals surface area (Å²) in [5, 5.41) is 9.66. The summed E-state index contributed by atoms with van der Waals surface area (Å²) >= 11 is 0. The number of hydrogen-bond acceptors (Lipinski definition) is 1. The van der Waals surface area contributed by atoms with Gasteiger partial charge in [-0.25, -0.2) is 0 Å². The van der Waals surface area contributed by atoms with Crippen LogP contribution in [0, 0.1) is 11.8 Å². The van der Waals surface area contributed by atoms with E-state index in [1.165, 1.54) is 0 Å². The zero-order valence-electron chi connectivity index (χ0n) is 6.52. The van der Waals surface area contributed by atoms with Gasteiger partial charge in [0.1, 0.15) is 0 Å². The first kappa shape index (κ1) is 7.07. The van der Waals surface area contributed by atoms with E-state index in [0.29, 0.717) is 5.92 Å². The van der Waals surface area contributed by atoms with E-state index in [4.69, 9.17) is 0 Å². The van der Waals surface area contributed by atoms with Gasteiger partial charge in [-0.1, -0.05) is 20.8 Å². The van der Waals surface area contributed by atoms with Crippen molar-refractivity contribution in [2.75, 3.05) is 0 Å². The quantitative estimate of drug-likeness (QED) is 0.571. The minimum atomic E-state index is -0.306. The normalized spacial score (nSPS) is 43.0. The number of aliphatic hydroxyl groups is 1. The fraction of sp³-hybridized carbons (Fsp3) is 1.00. The van der Waals surface area contributed by atoms with E-state index in [2.05, 4.69) is 20.8 Å². The molecule has 1 saturated carbocycles. The van der Waals surface area contributed by atoms with Crippen LogP contribution in [0.3, 0.4) is 0 Å². The van der Waals surface area contributed by atoms with Crippen LogP contribution in [0.5, 0.6) is 0 Å². The van der Waals surface area contributed by atoms with E-state index >= 15 is 0 Å². The zero-order valence-corrected chi connectivity index (χ0v) is 6.52. The molecule has 0 aromatic carbocycles. The fourth-order valence-corrected chi connectivity index (χ4v) is 1.62. The van der Waals surface area contributed by atoms with E-state index in [1.807, 2.05) is 0 Å². The van der Waals surface area contributed by atoms with Crippen LogP contribution in [0.25, 0.3) is 0 Å². The molecule has 0 aromatic rings. The second-order valence-corrected chi connectivity index (χ2v) is 3.77. The largest absolute Gasteiger partial charge is 0.390 e. The molecule has 0 atom stereocenters. The molecule has 1 aliphatic rings. The van der Waals surface area contributed by atoms with Crippen molar-refractivity contribution in [1.82, 2.24) is 0 Å². The topological polar surface area (TPSA) is 20.2 Å². The van der Waals surface area contributed by atoms with Gasteiger partial charge in [-0.3, -0.25) is 0 Å². The molecule has 1 rings (SSSR count). The summed E-state index contributed by atoms with van der Waals surface area (Å²) in [6, 6.07) is 0. The Morgan fingerprint density at radius 2 is 1.89 bits per heavy atom. The van der Waals surface area contributed by atoms with E-state index in [9.17, 15) is 5.11 Å². The first-order chi connectivity index (χ1) is 4.04. The Hall–Kier alpha value is -0.0400. The Morgan fingerprint density at radius 3 is 2.00 bits per heavy atom. The van der Waals surface area contributed by atoms with Crippen molar-refractivity contribution in [3.8, 4) is 0 Å². The average Bonchev–Trinajstić information content (AvgIpc) is 1.62. The molecule has 1 heteroatoms. The predicted octanol–water partition coefficient (Wildman–Crippen LogP) is 1.80. The highest BCUT2D eigenvalue weighted by atomic mass is 16.3. The molecule has 1 aliphatic carbocycles. The van der Waals surface area contributed by atoms with Gasteiger partial charge in [0, 0.05) is 0 Å². The Morgan fingerprint density at radius 1 is 1.44 bits per heavy atom. The first-order valence-electron chi connectivity index (χ1n) is 3.77. The van der Waals surface area contributed by atoms with Gasteiger partial charge in [-0.05, 0) is 24.7 Å². The third-order valence-corrected chi connectivity index (χ3v) is 2.48. The lowest BCUT2D eigenvalue weighted by atomic mass is 9.66. The maximum atomic E-state index is 9.66. The van der Waals surface area contributed by atoms with Crippen LogP contribution in [0.2, 0.25) is 0 Å². The van der Waals surface area contributed by atoms with Crippen LogP contribution in [0.15, 0.2) is 0 Å². The third kappa shape index (κ3) is 1.11.